The minimum Gasteiger partial charge on any atom is -0.422 e. The number of ether oxygens (including phenoxy) is 1. The van der Waals surface area contributed by atoms with Crippen LogP contribution in [0.4, 0.5) is 0 Å². The number of halogens is 2. The van der Waals surface area contributed by atoms with Crippen LogP contribution in [0.2, 0.25) is 5.02 Å². The molecule has 146 valence electrons. The Hall–Kier alpha value is -2.96. The zero-order valence-electron chi connectivity index (χ0n) is 15.4. The molecule has 0 aromatic heterocycles. The summed E-state index contributed by atoms with van der Waals surface area (Å²) in [4.78, 5) is 24.7. The topological polar surface area (TPSA) is 67.8 Å². The summed E-state index contributed by atoms with van der Waals surface area (Å²) in [5.41, 5.74) is 4.63. The van der Waals surface area contributed by atoms with Gasteiger partial charge in [0.25, 0.3) is 5.91 Å². The van der Waals surface area contributed by atoms with Gasteiger partial charge in [0, 0.05) is 20.6 Å². The van der Waals surface area contributed by atoms with Gasteiger partial charge >= 0.3 is 5.97 Å². The van der Waals surface area contributed by atoms with E-state index in [-0.39, 0.29) is 0 Å². The number of nitrogens with zero attached hydrogens (tertiary/aromatic N) is 1. The SMILES string of the molecule is Cc1ccccc1C(=O)Oc1ccc(Br)cc1/C=N\NC(=O)c1cccc(Cl)c1. The second-order valence-corrected chi connectivity index (χ2v) is 7.45. The molecular formula is C22H16BrClN2O3. The Morgan fingerprint density at radius 1 is 1.07 bits per heavy atom. The van der Waals surface area contributed by atoms with Gasteiger partial charge in [0.1, 0.15) is 5.75 Å². The molecule has 3 aromatic carbocycles. The van der Waals surface area contributed by atoms with E-state index >= 15 is 0 Å². The van der Waals surface area contributed by atoms with Crippen molar-refractivity contribution in [3.05, 3.63) is 98.5 Å². The first-order valence-electron chi connectivity index (χ1n) is 8.60. The lowest BCUT2D eigenvalue weighted by Crippen LogP contribution is -2.17. The molecule has 0 spiro atoms. The highest BCUT2D eigenvalue weighted by Gasteiger charge is 2.13. The van der Waals surface area contributed by atoms with Crippen LogP contribution in [-0.4, -0.2) is 18.1 Å². The molecule has 0 saturated heterocycles. The van der Waals surface area contributed by atoms with Gasteiger partial charge in [-0.25, -0.2) is 10.2 Å². The van der Waals surface area contributed by atoms with Crippen molar-refractivity contribution in [1.82, 2.24) is 5.43 Å². The first kappa shape index (κ1) is 20.8. The fourth-order valence-electron chi connectivity index (χ4n) is 2.52. The predicted molar refractivity (Wildman–Crippen MR) is 117 cm³/mol. The summed E-state index contributed by atoms with van der Waals surface area (Å²) >= 11 is 9.28. The van der Waals surface area contributed by atoms with E-state index < -0.39 is 11.9 Å². The minimum absolute atomic E-state index is 0.321. The van der Waals surface area contributed by atoms with Gasteiger partial charge in [-0.05, 0) is 55.0 Å². The molecule has 0 fully saturated rings. The fourth-order valence-corrected chi connectivity index (χ4v) is 3.09. The maximum absolute atomic E-state index is 12.5. The Balaban J connectivity index is 1.76. The van der Waals surface area contributed by atoms with E-state index in [4.69, 9.17) is 16.3 Å². The van der Waals surface area contributed by atoms with Crippen LogP contribution in [0, 0.1) is 6.92 Å². The molecule has 0 radical (unpaired) electrons. The summed E-state index contributed by atoms with van der Waals surface area (Å²) in [7, 11) is 0. The highest BCUT2D eigenvalue weighted by Crippen LogP contribution is 2.23. The molecule has 5 nitrogen and oxygen atoms in total. The molecule has 0 aliphatic carbocycles. The molecular weight excluding hydrogens is 456 g/mol. The normalized spacial score (nSPS) is 10.7. The maximum Gasteiger partial charge on any atom is 0.343 e. The van der Waals surface area contributed by atoms with Crippen LogP contribution in [-0.2, 0) is 0 Å². The number of esters is 1. The van der Waals surface area contributed by atoms with E-state index in [1.807, 2.05) is 19.1 Å². The number of aryl methyl sites for hydroxylation is 1. The van der Waals surface area contributed by atoms with Gasteiger partial charge in [-0.1, -0.05) is 51.8 Å². The van der Waals surface area contributed by atoms with Crippen LogP contribution in [0.3, 0.4) is 0 Å². The maximum atomic E-state index is 12.5. The molecule has 1 N–H and O–H groups in total. The Kier molecular flexibility index (Phi) is 6.80. The zero-order chi connectivity index (χ0) is 20.8. The molecule has 0 heterocycles. The Morgan fingerprint density at radius 3 is 2.62 bits per heavy atom. The number of nitrogens with one attached hydrogen (secondary N) is 1. The van der Waals surface area contributed by atoms with Crippen LogP contribution in [0.5, 0.6) is 5.75 Å². The average molecular weight is 472 g/mol. The summed E-state index contributed by atoms with van der Waals surface area (Å²) < 4.78 is 6.32. The van der Waals surface area contributed by atoms with Crippen molar-refractivity contribution in [3.8, 4) is 5.75 Å². The average Bonchev–Trinajstić information content (AvgIpc) is 2.70. The van der Waals surface area contributed by atoms with Crippen LogP contribution in [0.1, 0.15) is 31.8 Å². The molecule has 29 heavy (non-hydrogen) atoms. The molecule has 0 aliphatic rings. The fraction of sp³-hybridized carbons (Fsp3) is 0.0455. The number of rotatable bonds is 5. The number of benzene rings is 3. The van der Waals surface area contributed by atoms with Crippen LogP contribution in [0.15, 0.2) is 76.3 Å². The third-order valence-corrected chi connectivity index (χ3v) is 4.72. The van der Waals surface area contributed by atoms with Crippen molar-refractivity contribution in [3.63, 3.8) is 0 Å². The first-order valence-corrected chi connectivity index (χ1v) is 9.77. The molecule has 3 rings (SSSR count). The zero-order valence-corrected chi connectivity index (χ0v) is 17.7. The smallest absolute Gasteiger partial charge is 0.343 e. The second kappa shape index (κ2) is 9.49. The van der Waals surface area contributed by atoms with Gasteiger partial charge in [0.15, 0.2) is 0 Å². The lowest BCUT2D eigenvalue weighted by atomic mass is 10.1. The van der Waals surface area contributed by atoms with E-state index in [1.54, 1.807) is 54.6 Å². The quantitative estimate of drug-likeness (QED) is 0.235. The third-order valence-electron chi connectivity index (χ3n) is 4.00. The Bertz CT molecular complexity index is 1100. The molecule has 0 aliphatic heterocycles. The largest absolute Gasteiger partial charge is 0.422 e. The van der Waals surface area contributed by atoms with E-state index in [0.29, 0.717) is 27.5 Å². The number of amides is 1. The number of carbonyl (C=O) groups is 2. The monoisotopic (exact) mass is 470 g/mol. The van der Waals surface area contributed by atoms with Crippen molar-refractivity contribution >= 4 is 45.6 Å². The van der Waals surface area contributed by atoms with Gasteiger partial charge < -0.3 is 4.74 Å². The molecule has 0 atom stereocenters. The standard InChI is InChI=1S/C22H16BrClN2O3/c1-14-5-2-3-8-19(14)22(28)29-20-10-9-17(23)11-16(20)13-25-26-21(27)15-6-4-7-18(24)12-15/h2-13H,1H3,(H,26,27)/b25-13-. The minimum atomic E-state index is -0.469. The predicted octanol–water partition coefficient (Wildman–Crippen LogP) is 5.39. The summed E-state index contributed by atoms with van der Waals surface area (Å²) in [6, 6.07) is 18.8. The highest BCUT2D eigenvalue weighted by atomic mass is 79.9. The summed E-state index contributed by atoms with van der Waals surface area (Å²) in [6.07, 6.45) is 1.41. The van der Waals surface area contributed by atoms with Gasteiger partial charge in [0.05, 0.1) is 11.8 Å². The van der Waals surface area contributed by atoms with Crippen LogP contribution >= 0.6 is 27.5 Å². The summed E-state index contributed by atoms with van der Waals surface area (Å²) in [6.45, 7) is 1.84. The van der Waals surface area contributed by atoms with Crippen molar-refractivity contribution in [1.29, 1.82) is 0 Å². The van der Waals surface area contributed by atoms with Crippen molar-refractivity contribution in [2.24, 2.45) is 5.10 Å². The van der Waals surface area contributed by atoms with Crippen LogP contribution < -0.4 is 10.2 Å². The summed E-state index contributed by atoms with van der Waals surface area (Å²) in [5, 5.41) is 4.42. The molecule has 0 unspecified atom stereocenters. The van der Waals surface area contributed by atoms with Gasteiger partial charge in [0.2, 0.25) is 0 Å². The summed E-state index contributed by atoms with van der Waals surface area (Å²) in [5.74, 6) is -0.553. The first-order chi connectivity index (χ1) is 13.9. The highest BCUT2D eigenvalue weighted by molar-refractivity contribution is 9.10. The number of hydrogen-bond donors (Lipinski definition) is 1. The number of hydrazone groups is 1. The molecule has 3 aromatic rings. The van der Waals surface area contributed by atoms with Crippen molar-refractivity contribution in [2.45, 2.75) is 6.92 Å². The van der Waals surface area contributed by atoms with Crippen molar-refractivity contribution < 1.29 is 14.3 Å². The number of hydrogen-bond acceptors (Lipinski definition) is 4. The molecule has 1 amide bonds. The molecule has 7 heteroatoms. The van der Waals surface area contributed by atoms with Gasteiger partial charge in [-0.2, -0.15) is 5.10 Å². The number of carbonyl (C=O) groups excluding carboxylic acids is 2. The van der Waals surface area contributed by atoms with E-state index in [1.165, 1.54) is 6.21 Å². The molecule has 0 saturated carbocycles. The lowest BCUT2D eigenvalue weighted by Gasteiger charge is -2.09. The van der Waals surface area contributed by atoms with Crippen LogP contribution in [0.25, 0.3) is 0 Å². The van der Waals surface area contributed by atoms with Crippen molar-refractivity contribution in [2.75, 3.05) is 0 Å². The van der Waals surface area contributed by atoms with Gasteiger partial charge in [-0.15, -0.1) is 0 Å². The lowest BCUT2D eigenvalue weighted by molar-refractivity contribution is 0.0733. The Morgan fingerprint density at radius 2 is 1.86 bits per heavy atom. The van der Waals surface area contributed by atoms with E-state index in [2.05, 4.69) is 26.5 Å². The second-order valence-electron chi connectivity index (χ2n) is 6.10. The molecule has 0 bridgehead atoms. The van der Waals surface area contributed by atoms with Gasteiger partial charge in [-0.3, -0.25) is 4.79 Å². The van der Waals surface area contributed by atoms with E-state index in [0.717, 1.165) is 10.0 Å². The van der Waals surface area contributed by atoms with E-state index in [9.17, 15) is 9.59 Å². The third kappa shape index (κ3) is 5.53. The Labute approximate surface area is 181 Å².